The number of rotatable bonds is 5. The van der Waals surface area contributed by atoms with E-state index in [1.807, 2.05) is 24.0 Å². The molecule has 19 heavy (non-hydrogen) atoms. The van der Waals surface area contributed by atoms with Crippen molar-refractivity contribution in [2.45, 2.75) is 33.1 Å². The Bertz CT molecular complexity index is 425. The number of hydrogen-bond donors (Lipinski definition) is 0. The smallest absolute Gasteiger partial charge is 0.228 e. The average molecular weight is 260 g/mol. The maximum absolute atomic E-state index is 12.3. The van der Waals surface area contributed by atoms with Crippen molar-refractivity contribution < 1.29 is 4.79 Å². The number of nitrogens with zero attached hydrogens (tertiary/aromatic N) is 2. The minimum absolute atomic E-state index is 0.236. The molecule has 1 heterocycles. The van der Waals surface area contributed by atoms with Gasteiger partial charge >= 0.3 is 0 Å². The lowest BCUT2D eigenvalue weighted by atomic mass is 10.2. The lowest BCUT2D eigenvalue weighted by molar-refractivity contribution is -0.118. The molecule has 1 amide bonds. The average Bonchev–Trinajstić information content (AvgIpc) is 2.90. The van der Waals surface area contributed by atoms with Gasteiger partial charge in [0.2, 0.25) is 5.91 Å². The molecule has 0 N–H and O–H groups in total. The molecule has 1 aromatic rings. The molecule has 0 radical (unpaired) electrons. The van der Waals surface area contributed by atoms with Crippen LogP contribution in [0.1, 0.15) is 31.7 Å². The van der Waals surface area contributed by atoms with Gasteiger partial charge in [0, 0.05) is 25.2 Å². The van der Waals surface area contributed by atoms with Crippen molar-refractivity contribution >= 4 is 11.6 Å². The van der Waals surface area contributed by atoms with Gasteiger partial charge in [0.15, 0.2) is 0 Å². The third-order valence-electron chi connectivity index (χ3n) is 3.77. The Morgan fingerprint density at radius 2 is 2.05 bits per heavy atom. The SMILES string of the molecule is CCN(C(=O)CCN1CCCC1)c1cccc(C)c1. The topological polar surface area (TPSA) is 23.6 Å². The molecule has 3 heteroatoms. The van der Waals surface area contributed by atoms with Crippen molar-refractivity contribution in [2.75, 3.05) is 31.1 Å². The first kappa shape index (κ1) is 14.1. The molecular formula is C16H24N2O. The first-order valence-electron chi connectivity index (χ1n) is 7.30. The summed E-state index contributed by atoms with van der Waals surface area (Å²) < 4.78 is 0. The van der Waals surface area contributed by atoms with Gasteiger partial charge in [0.25, 0.3) is 0 Å². The zero-order chi connectivity index (χ0) is 13.7. The summed E-state index contributed by atoms with van der Waals surface area (Å²) in [5.74, 6) is 0.236. The predicted octanol–water partition coefficient (Wildman–Crippen LogP) is 2.83. The number of aryl methyl sites for hydroxylation is 1. The van der Waals surface area contributed by atoms with E-state index >= 15 is 0 Å². The summed E-state index contributed by atoms with van der Waals surface area (Å²) in [6, 6.07) is 8.18. The Balaban J connectivity index is 1.94. The number of anilines is 1. The number of likely N-dealkylation sites (tertiary alicyclic amines) is 1. The third kappa shape index (κ3) is 3.80. The second-order valence-corrected chi connectivity index (χ2v) is 5.28. The van der Waals surface area contributed by atoms with Gasteiger partial charge in [-0.2, -0.15) is 0 Å². The fraction of sp³-hybridized carbons (Fsp3) is 0.562. The highest BCUT2D eigenvalue weighted by molar-refractivity contribution is 5.93. The summed E-state index contributed by atoms with van der Waals surface area (Å²) in [4.78, 5) is 16.6. The largest absolute Gasteiger partial charge is 0.313 e. The Kier molecular flexibility index (Phi) is 4.97. The highest BCUT2D eigenvalue weighted by atomic mass is 16.2. The first-order valence-corrected chi connectivity index (χ1v) is 7.30. The van der Waals surface area contributed by atoms with E-state index in [2.05, 4.69) is 24.0 Å². The number of amides is 1. The standard InChI is InChI=1S/C16H24N2O/c1-3-18(15-8-6-7-14(2)13-15)16(19)9-12-17-10-4-5-11-17/h6-8,13H,3-5,9-12H2,1-2H3. The van der Waals surface area contributed by atoms with Gasteiger partial charge in [0.05, 0.1) is 0 Å². The molecule has 0 spiro atoms. The van der Waals surface area contributed by atoms with Gasteiger partial charge in [-0.1, -0.05) is 12.1 Å². The molecule has 1 aliphatic heterocycles. The minimum Gasteiger partial charge on any atom is -0.313 e. The highest BCUT2D eigenvalue weighted by Crippen LogP contribution is 2.17. The zero-order valence-electron chi connectivity index (χ0n) is 12.1. The van der Waals surface area contributed by atoms with Crippen LogP contribution >= 0.6 is 0 Å². The van der Waals surface area contributed by atoms with Crippen molar-refractivity contribution in [1.29, 1.82) is 0 Å². The summed E-state index contributed by atoms with van der Waals surface area (Å²) in [5.41, 5.74) is 2.22. The van der Waals surface area contributed by atoms with Crippen LogP contribution in [0.3, 0.4) is 0 Å². The molecule has 1 aliphatic rings. The van der Waals surface area contributed by atoms with Crippen LogP contribution in [0.25, 0.3) is 0 Å². The van der Waals surface area contributed by atoms with E-state index in [0.717, 1.165) is 31.9 Å². The molecule has 0 aliphatic carbocycles. The molecule has 0 unspecified atom stereocenters. The van der Waals surface area contributed by atoms with E-state index in [9.17, 15) is 4.79 Å². The molecule has 0 atom stereocenters. The predicted molar refractivity (Wildman–Crippen MR) is 79.5 cm³/mol. The second-order valence-electron chi connectivity index (χ2n) is 5.28. The second kappa shape index (κ2) is 6.71. The van der Waals surface area contributed by atoms with Crippen molar-refractivity contribution in [3.8, 4) is 0 Å². The van der Waals surface area contributed by atoms with Crippen LogP contribution in [0.15, 0.2) is 24.3 Å². The zero-order valence-corrected chi connectivity index (χ0v) is 12.1. The Morgan fingerprint density at radius 3 is 2.68 bits per heavy atom. The molecule has 0 saturated carbocycles. The number of benzene rings is 1. The number of carbonyl (C=O) groups is 1. The van der Waals surface area contributed by atoms with Crippen molar-refractivity contribution in [3.05, 3.63) is 29.8 Å². The Hall–Kier alpha value is -1.35. The molecule has 0 aromatic heterocycles. The Morgan fingerprint density at radius 1 is 1.32 bits per heavy atom. The van der Waals surface area contributed by atoms with Crippen LogP contribution in [-0.4, -0.2) is 37.0 Å². The highest BCUT2D eigenvalue weighted by Gasteiger charge is 2.17. The van der Waals surface area contributed by atoms with Gasteiger partial charge in [-0.15, -0.1) is 0 Å². The fourth-order valence-corrected chi connectivity index (χ4v) is 2.69. The summed E-state index contributed by atoms with van der Waals surface area (Å²) in [5, 5.41) is 0. The first-order chi connectivity index (χ1) is 9.20. The van der Waals surface area contributed by atoms with Crippen LogP contribution in [-0.2, 0) is 4.79 Å². The van der Waals surface area contributed by atoms with Crippen molar-refractivity contribution in [1.82, 2.24) is 4.90 Å². The summed E-state index contributed by atoms with van der Waals surface area (Å²) in [6.07, 6.45) is 3.19. The molecule has 2 rings (SSSR count). The van der Waals surface area contributed by atoms with E-state index in [0.29, 0.717) is 6.42 Å². The van der Waals surface area contributed by atoms with Gasteiger partial charge in [-0.3, -0.25) is 4.79 Å². The van der Waals surface area contributed by atoms with E-state index in [-0.39, 0.29) is 5.91 Å². The van der Waals surface area contributed by atoms with Crippen LogP contribution < -0.4 is 4.90 Å². The van der Waals surface area contributed by atoms with Gasteiger partial charge in [-0.05, 0) is 57.5 Å². The lowest BCUT2D eigenvalue weighted by Crippen LogP contribution is -2.33. The summed E-state index contributed by atoms with van der Waals surface area (Å²) >= 11 is 0. The number of carbonyl (C=O) groups excluding carboxylic acids is 1. The van der Waals surface area contributed by atoms with E-state index < -0.39 is 0 Å². The van der Waals surface area contributed by atoms with Crippen molar-refractivity contribution in [3.63, 3.8) is 0 Å². The van der Waals surface area contributed by atoms with Gasteiger partial charge < -0.3 is 9.80 Å². The molecule has 104 valence electrons. The molecule has 3 nitrogen and oxygen atoms in total. The maximum atomic E-state index is 12.3. The monoisotopic (exact) mass is 260 g/mol. The normalized spacial score (nSPS) is 15.7. The molecule has 1 aromatic carbocycles. The van der Waals surface area contributed by atoms with E-state index in [4.69, 9.17) is 0 Å². The fourth-order valence-electron chi connectivity index (χ4n) is 2.69. The van der Waals surface area contributed by atoms with Crippen LogP contribution in [0.4, 0.5) is 5.69 Å². The van der Waals surface area contributed by atoms with Crippen LogP contribution in [0.2, 0.25) is 0 Å². The minimum atomic E-state index is 0.236. The molecule has 0 bridgehead atoms. The molecule has 1 fully saturated rings. The maximum Gasteiger partial charge on any atom is 0.228 e. The van der Waals surface area contributed by atoms with E-state index in [1.165, 1.54) is 18.4 Å². The Labute approximate surface area is 116 Å². The quantitative estimate of drug-likeness (QED) is 0.812. The summed E-state index contributed by atoms with van der Waals surface area (Å²) in [6.45, 7) is 8.05. The van der Waals surface area contributed by atoms with Crippen LogP contribution in [0.5, 0.6) is 0 Å². The van der Waals surface area contributed by atoms with Gasteiger partial charge in [0.1, 0.15) is 0 Å². The molecular weight excluding hydrogens is 236 g/mol. The number of hydrogen-bond acceptors (Lipinski definition) is 2. The van der Waals surface area contributed by atoms with Gasteiger partial charge in [-0.25, -0.2) is 0 Å². The van der Waals surface area contributed by atoms with E-state index in [1.54, 1.807) is 0 Å². The lowest BCUT2D eigenvalue weighted by Gasteiger charge is -2.23. The summed E-state index contributed by atoms with van der Waals surface area (Å²) in [7, 11) is 0. The van der Waals surface area contributed by atoms with Crippen LogP contribution in [0, 0.1) is 6.92 Å². The van der Waals surface area contributed by atoms with Crippen molar-refractivity contribution in [2.24, 2.45) is 0 Å². The third-order valence-corrected chi connectivity index (χ3v) is 3.77. The molecule has 1 saturated heterocycles.